The second kappa shape index (κ2) is 4.78. The van der Waals surface area contributed by atoms with E-state index in [-0.39, 0.29) is 0 Å². The summed E-state index contributed by atoms with van der Waals surface area (Å²) in [4.78, 5) is 4.14. The average molecular weight is 244 g/mol. The normalized spacial score (nSPS) is 19.9. The zero-order valence-corrected chi connectivity index (χ0v) is 10.1. The molecule has 3 N–H and O–H groups in total. The molecular weight excluding hydrogens is 228 g/mol. The van der Waals surface area contributed by atoms with Crippen molar-refractivity contribution in [2.45, 2.75) is 18.8 Å². The van der Waals surface area contributed by atoms with Gasteiger partial charge in [-0.15, -0.1) is 0 Å². The summed E-state index contributed by atoms with van der Waals surface area (Å²) in [5.41, 5.74) is 9.01. The van der Waals surface area contributed by atoms with Gasteiger partial charge in [-0.05, 0) is 18.9 Å². The fourth-order valence-corrected chi connectivity index (χ4v) is 2.45. The first-order valence-corrected chi connectivity index (χ1v) is 6.18. The van der Waals surface area contributed by atoms with Crippen LogP contribution < -0.4 is 5.73 Å². The van der Waals surface area contributed by atoms with Crippen LogP contribution in [0.4, 0.5) is 5.82 Å². The van der Waals surface area contributed by atoms with Crippen LogP contribution in [-0.4, -0.2) is 28.4 Å². The van der Waals surface area contributed by atoms with Crippen LogP contribution in [-0.2, 0) is 4.74 Å². The van der Waals surface area contributed by atoms with Gasteiger partial charge in [0.05, 0.1) is 12.3 Å². The molecule has 0 bridgehead atoms. The summed E-state index contributed by atoms with van der Waals surface area (Å²) in [5.74, 6) is 0.877. The predicted octanol–water partition coefficient (Wildman–Crippen LogP) is 1.95. The van der Waals surface area contributed by atoms with Crippen molar-refractivity contribution in [1.29, 1.82) is 0 Å². The minimum atomic E-state index is 0.346. The van der Waals surface area contributed by atoms with Crippen LogP contribution in [0.2, 0.25) is 0 Å². The van der Waals surface area contributed by atoms with Gasteiger partial charge in [0.2, 0.25) is 0 Å². The molecule has 0 amide bonds. The van der Waals surface area contributed by atoms with Gasteiger partial charge in [0.1, 0.15) is 0 Å². The number of pyridine rings is 1. The lowest BCUT2D eigenvalue weighted by atomic mass is 9.93. The molecule has 1 fully saturated rings. The van der Waals surface area contributed by atoms with Crippen molar-refractivity contribution < 1.29 is 4.74 Å². The topological polar surface area (TPSA) is 76.8 Å². The van der Waals surface area contributed by atoms with E-state index in [0.717, 1.165) is 42.9 Å². The molecule has 0 aromatic carbocycles. The summed E-state index contributed by atoms with van der Waals surface area (Å²) in [7, 11) is 0. The van der Waals surface area contributed by atoms with E-state index in [1.165, 1.54) is 0 Å². The summed E-state index contributed by atoms with van der Waals surface area (Å²) in [5, 5.41) is 7.20. The number of nitrogens with zero attached hydrogens (tertiary/aromatic N) is 2. The zero-order chi connectivity index (χ0) is 12.4. The first-order valence-electron chi connectivity index (χ1n) is 6.18. The molecule has 2 aromatic rings. The van der Waals surface area contributed by atoms with Crippen LogP contribution in [0, 0.1) is 0 Å². The number of nitrogen functional groups attached to an aromatic ring is 1. The van der Waals surface area contributed by atoms with E-state index in [9.17, 15) is 0 Å². The molecule has 1 aliphatic heterocycles. The Hall–Kier alpha value is -1.88. The van der Waals surface area contributed by atoms with E-state index >= 15 is 0 Å². The minimum Gasteiger partial charge on any atom is -0.382 e. The number of anilines is 1. The molecule has 94 valence electrons. The number of hydrogen-bond donors (Lipinski definition) is 2. The summed E-state index contributed by atoms with van der Waals surface area (Å²) < 4.78 is 5.53. The molecule has 3 rings (SSSR count). The average Bonchev–Trinajstić information content (AvgIpc) is 2.83. The maximum Gasteiger partial charge on any atom is 0.153 e. The van der Waals surface area contributed by atoms with Gasteiger partial charge in [-0.3, -0.25) is 10.1 Å². The highest BCUT2D eigenvalue weighted by molar-refractivity contribution is 5.76. The molecule has 0 spiro atoms. The molecule has 3 heterocycles. The van der Waals surface area contributed by atoms with Gasteiger partial charge >= 0.3 is 0 Å². The Morgan fingerprint density at radius 3 is 3.11 bits per heavy atom. The molecule has 1 unspecified atom stereocenters. The molecule has 5 nitrogen and oxygen atoms in total. The van der Waals surface area contributed by atoms with Gasteiger partial charge in [0, 0.05) is 36.0 Å². The molecule has 0 aliphatic carbocycles. The lowest BCUT2D eigenvalue weighted by molar-refractivity contribution is 0.0794. The number of ether oxygens (including phenoxy) is 1. The molecule has 2 aromatic heterocycles. The maximum absolute atomic E-state index is 5.97. The van der Waals surface area contributed by atoms with Gasteiger partial charge in [-0.2, -0.15) is 5.10 Å². The van der Waals surface area contributed by atoms with Crippen molar-refractivity contribution >= 4 is 5.82 Å². The van der Waals surface area contributed by atoms with Gasteiger partial charge in [-0.25, -0.2) is 0 Å². The molecule has 1 saturated heterocycles. The lowest BCUT2D eigenvalue weighted by Gasteiger charge is -2.22. The Morgan fingerprint density at radius 1 is 1.44 bits per heavy atom. The first kappa shape index (κ1) is 11.2. The quantitative estimate of drug-likeness (QED) is 0.846. The highest BCUT2D eigenvalue weighted by atomic mass is 16.5. The van der Waals surface area contributed by atoms with Gasteiger partial charge in [-0.1, -0.05) is 6.07 Å². The summed E-state index contributed by atoms with van der Waals surface area (Å²) in [6, 6.07) is 3.91. The van der Waals surface area contributed by atoms with Crippen molar-refractivity contribution in [3.63, 3.8) is 0 Å². The highest BCUT2D eigenvalue weighted by Gasteiger charge is 2.23. The van der Waals surface area contributed by atoms with Crippen molar-refractivity contribution in [2.75, 3.05) is 18.9 Å². The van der Waals surface area contributed by atoms with E-state index < -0.39 is 0 Å². The summed E-state index contributed by atoms with van der Waals surface area (Å²) >= 11 is 0. The molecule has 0 saturated carbocycles. The van der Waals surface area contributed by atoms with E-state index in [4.69, 9.17) is 10.5 Å². The van der Waals surface area contributed by atoms with E-state index in [1.54, 1.807) is 6.20 Å². The lowest BCUT2D eigenvalue weighted by Crippen LogP contribution is -2.16. The summed E-state index contributed by atoms with van der Waals surface area (Å²) in [6.45, 7) is 1.58. The smallest absolute Gasteiger partial charge is 0.153 e. The van der Waals surface area contributed by atoms with E-state index in [0.29, 0.717) is 11.7 Å². The number of H-pyrrole nitrogens is 1. The van der Waals surface area contributed by atoms with Gasteiger partial charge in [0.25, 0.3) is 0 Å². The number of rotatable bonds is 2. The molecule has 18 heavy (non-hydrogen) atoms. The Bertz CT molecular complexity index is 517. The Kier molecular flexibility index (Phi) is 2.98. The molecule has 5 heteroatoms. The number of aromatic amines is 1. The number of hydrogen-bond acceptors (Lipinski definition) is 4. The van der Waals surface area contributed by atoms with E-state index in [1.807, 2.05) is 18.3 Å². The van der Waals surface area contributed by atoms with Crippen molar-refractivity contribution in [3.8, 4) is 11.1 Å². The van der Waals surface area contributed by atoms with Crippen LogP contribution in [0.1, 0.15) is 24.5 Å². The number of aromatic nitrogens is 3. The van der Waals surface area contributed by atoms with Crippen LogP contribution in [0.5, 0.6) is 0 Å². The molecule has 1 atom stereocenters. The third-order valence-corrected chi connectivity index (χ3v) is 3.34. The SMILES string of the molecule is Nc1n[nH]c(C2CCCOC2)c1-c1cccnc1. The Morgan fingerprint density at radius 2 is 2.39 bits per heavy atom. The Labute approximate surface area is 105 Å². The number of nitrogens with one attached hydrogen (secondary N) is 1. The maximum atomic E-state index is 5.97. The zero-order valence-electron chi connectivity index (χ0n) is 10.1. The first-order chi connectivity index (χ1) is 8.86. The standard InChI is InChI=1S/C13H16N4O/c14-13-11(9-3-1-5-15-7-9)12(16-17-13)10-4-2-6-18-8-10/h1,3,5,7,10H,2,4,6,8H2,(H3,14,16,17). The number of nitrogens with two attached hydrogens (primary N) is 1. The summed E-state index contributed by atoms with van der Waals surface area (Å²) in [6.07, 6.45) is 5.75. The van der Waals surface area contributed by atoms with Crippen molar-refractivity contribution in [2.24, 2.45) is 0 Å². The molecular formula is C13H16N4O. The minimum absolute atomic E-state index is 0.346. The van der Waals surface area contributed by atoms with Crippen LogP contribution in [0.3, 0.4) is 0 Å². The van der Waals surface area contributed by atoms with Crippen LogP contribution in [0.25, 0.3) is 11.1 Å². The molecule has 0 radical (unpaired) electrons. The highest BCUT2D eigenvalue weighted by Crippen LogP contribution is 2.35. The van der Waals surface area contributed by atoms with Gasteiger partial charge < -0.3 is 10.5 Å². The van der Waals surface area contributed by atoms with Crippen LogP contribution in [0.15, 0.2) is 24.5 Å². The van der Waals surface area contributed by atoms with Crippen molar-refractivity contribution in [1.82, 2.24) is 15.2 Å². The van der Waals surface area contributed by atoms with Crippen LogP contribution >= 0.6 is 0 Å². The largest absolute Gasteiger partial charge is 0.382 e. The third-order valence-electron chi connectivity index (χ3n) is 3.34. The molecule has 1 aliphatic rings. The second-order valence-corrected chi connectivity index (χ2v) is 4.55. The van der Waals surface area contributed by atoms with E-state index in [2.05, 4.69) is 15.2 Å². The fourth-order valence-electron chi connectivity index (χ4n) is 2.45. The Balaban J connectivity index is 2.01. The third kappa shape index (κ3) is 1.97. The fraction of sp³-hybridized carbons (Fsp3) is 0.385. The van der Waals surface area contributed by atoms with Crippen molar-refractivity contribution in [3.05, 3.63) is 30.2 Å². The monoisotopic (exact) mass is 244 g/mol. The second-order valence-electron chi connectivity index (χ2n) is 4.55. The van der Waals surface area contributed by atoms with Gasteiger partial charge in [0.15, 0.2) is 5.82 Å². The predicted molar refractivity (Wildman–Crippen MR) is 69.0 cm³/mol.